The molecule has 0 aliphatic heterocycles. The zero-order valence-electron chi connectivity index (χ0n) is 17.4. The lowest BCUT2D eigenvalue weighted by Crippen LogP contribution is -2.27. The number of benzene rings is 3. The van der Waals surface area contributed by atoms with Gasteiger partial charge in [-0.25, -0.2) is 4.98 Å². The van der Waals surface area contributed by atoms with Gasteiger partial charge in [-0.2, -0.15) is 4.52 Å². The Labute approximate surface area is 184 Å². The Balaban J connectivity index is 1.35. The largest absolute Gasteiger partial charge is 0.351 e. The zero-order valence-corrected chi connectivity index (χ0v) is 17.4. The predicted molar refractivity (Wildman–Crippen MR) is 123 cm³/mol. The fourth-order valence-corrected chi connectivity index (χ4v) is 3.61. The summed E-state index contributed by atoms with van der Waals surface area (Å²) < 4.78 is 1.65. The molecule has 0 radical (unpaired) electrons. The molecule has 3 aromatic carbocycles. The van der Waals surface area contributed by atoms with Crippen molar-refractivity contribution in [3.05, 3.63) is 90.0 Å². The average Bonchev–Trinajstić information content (AvgIpc) is 3.34. The van der Waals surface area contributed by atoms with Crippen LogP contribution in [0.3, 0.4) is 0 Å². The summed E-state index contributed by atoms with van der Waals surface area (Å²) in [6, 6.07) is 25.1. The first-order valence-electron chi connectivity index (χ1n) is 10.4. The number of nitrogens with one attached hydrogen (secondary N) is 2. The Morgan fingerprint density at radius 2 is 1.81 bits per heavy atom. The van der Waals surface area contributed by atoms with Gasteiger partial charge in [0.2, 0.25) is 5.65 Å². The lowest BCUT2D eigenvalue weighted by atomic mass is 10.0. The van der Waals surface area contributed by atoms with Gasteiger partial charge in [0.25, 0.3) is 5.91 Å². The molecule has 5 rings (SSSR count). The number of carbonyl (C=O) groups excluding carboxylic acids is 1. The van der Waals surface area contributed by atoms with Crippen LogP contribution in [-0.4, -0.2) is 37.5 Å². The number of hydrogen-bond donors (Lipinski definition) is 2. The average molecular weight is 423 g/mol. The third-order valence-electron chi connectivity index (χ3n) is 5.35. The Bertz CT molecular complexity index is 1400. The van der Waals surface area contributed by atoms with Crippen LogP contribution in [0.2, 0.25) is 0 Å². The summed E-state index contributed by atoms with van der Waals surface area (Å²) >= 11 is 0. The van der Waals surface area contributed by atoms with E-state index in [0.717, 1.165) is 16.7 Å². The minimum Gasteiger partial charge on any atom is -0.351 e. The molecule has 0 unspecified atom stereocenters. The minimum atomic E-state index is -0.128. The van der Waals surface area contributed by atoms with E-state index in [9.17, 15) is 4.79 Å². The molecule has 0 saturated heterocycles. The molecule has 0 spiro atoms. The summed E-state index contributed by atoms with van der Waals surface area (Å²) in [5, 5.41) is 18.2. The highest BCUT2D eigenvalue weighted by atomic mass is 16.1. The standard InChI is InChI=1S/C24H21N7O/c1-16(17-8-3-2-4-9-17)15-25-24(32)18-10-7-11-19(14-18)26-22-23-28-29-30-31(23)21-13-6-5-12-20(21)27-22/h2-14,16H,15H2,1H3,(H,25,32)(H,26,27)/t16-/m1/s1. The highest BCUT2D eigenvalue weighted by Crippen LogP contribution is 2.23. The third kappa shape index (κ3) is 3.85. The van der Waals surface area contributed by atoms with E-state index >= 15 is 0 Å². The molecule has 0 bridgehead atoms. The van der Waals surface area contributed by atoms with Crippen molar-refractivity contribution in [2.45, 2.75) is 12.8 Å². The number of carbonyl (C=O) groups is 1. The maximum atomic E-state index is 12.7. The van der Waals surface area contributed by atoms with Gasteiger partial charge in [-0.3, -0.25) is 4.79 Å². The molecule has 2 aromatic heterocycles. The van der Waals surface area contributed by atoms with E-state index in [1.54, 1.807) is 16.6 Å². The third-order valence-corrected chi connectivity index (χ3v) is 5.35. The molecular formula is C24H21N7O. The smallest absolute Gasteiger partial charge is 0.251 e. The van der Waals surface area contributed by atoms with Crippen molar-refractivity contribution in [3.63, 3.8) is 0 Å². The molecule has 1 amide bonds. The molecule has 0 saturated carbocycles. The van der Waals surface area contributed by atoms with Gasteiger partial charge in [-0.1, -0.05) is 55.5 Å². The second-order valence-electron chi connectivity index (χ2n) is 7.59. The quantitative estimate of drug-likeness (QED) is 0.429. The number of anilines is 2. The normalized spacial score (nSPS) is 12.0. The van der Waals surface area contributed by atoms with Crippen LogP contribution in [0.4, 0.5) is 11.5 Å². The molecule has 32 heavy (non-hydrogen) atoms. The number of para-hydroxylation sites is 2. The van der Waals surface area contributed by atoms with Gasteiger partial charge < -0.3 is 10.6 Å². The molecule has 0 fully saturated rings. The van der Waals surface area contributed by atoms with Crippen molar-refractivity contribution in [1.82, 2.24) is 30.3 Å². The zero-order chi connectivity index (χ0) is 21.9. The fraction of sp³-hybridized carbons (Fsp3) is 0.125. The van der Waals surface area contributed by atoms with E-state index in [1.165, 1.54) is 5.56 Å². The highest BCUT2D eigenvalue weighted by molar-refractivity contribution is 5.95. The van der Waals surface area contributed by atoms with Crippen LogP contribution in [0.15, 0.2) is 78.9 Å². The van der Waals surface area contributed by atoms with Crippen LogP contribution in [-0.2, 0) is 0 Å². The van der Waals surface area contributed by atoms with Crippen LogP contribution in [0.5, 0.6) is 0 Å². The van der Waals surface area contributed by atoms with E-state index in [4.69, 9.17) is 0 Å². The molecule has 5 aromatic rings. The van der Waals surface area contributed by atoms with Crippen LogP contribution < -0.4 is 10.6 Å². The molecule has 0 aliphatic rings. The van der Waals surface area contributed by atoms with Gasteiger partial charge in [0.1, 0.15) is 0 Å². The molecule has 8 nitrogen and oxygen atoms in total. The van der Waals surface area contributed by atoms with Crippen molar-refractivity contribution in [2.75, 3.05) is 11.9 Å². The Kier molecular flexibility index (Phi) is 5.17. The van der Waals surface area contributed by atoms with Gasteiger partial charge in [-0.05, 0) is 52.2 Å². The highest BCUT2D eigenvalue weighted by Gasteiger charge is 2.13. The van der Waals surface area contributed by atoms with Gasteiger partial charge in [0.15, 0.2) is 5.82 Å². The van der Waals surface area contributed by atoms with Crippen LogP contribution >= 0.6 is 0 Å². The van der Waals surface area contributed by atoms with E-state index in [2.05, 4.69) is 50.2 Å². The van der Waals surface area contributed by atoms with E-state index < -0.39 is 0 Å². The molecule has 0 aliphatic carbocycles. The second-order valence-corrected chi connectivity index (χ2v) is 7.59. The summed E-state index contributed by atoms with van der Waals surface area (Å²) in [6.45, 7) is 2.65. The Hall–Kier alpha value is -4.33. The van der Waals surface area contributed by atoms with E-state index in [-0.39, 0.29) is 11.8 Å². The molecule has 158 valence electrons. The first-order valence-corrected chi connectivity index (χ1v) is 10.4. The van der Waals surface area contributed by atoms with Crippen LogP contribution in [0.1, 0.15) is 28.8 Å². The number of fused-ring (bicyclic) bond motifs is 3. The first-order chi connectivity index (χ1) is 15.7. The molecule has 1 atom stereocenters. The predicted octanol–water partition coefficient (Wildman–Crippen LogP) is 3.95. The minimum absolute atomic E-state index is 0.128. The van der Waals surface area contributed by atoms with E-state index in [1.807, 2.05) is 54.6 Å². The van der Waals surface area contributed by atoms with Crippen LogP contribution in [0.25, 0.3) is 16.7 Å². The van der Waals surface area contributed by atoms with E-state index in [0.29, 0.717) is 23.6 Å². The molecule has 8 heteroatoms. The van der Waals surface area contributed by atoms with Crippen molar-refractivity contribution in [1.29, 1.82) is 0 Å². The summed E-state index contributed by atoms with van der Waals surface area (Å²) in [7, 11) is 0. The SMILES string of the molecule is C[C@H](CNC(=O)c1cccc(Nc2nc3ccccc3n3nnnc23)c1)c1ccccc1. The van der Waals surface area contributed by atoms with Crippen molar-refractivity contribution >= 4 is 34.1 Å². The summed E-state index contributed by atoms with van der Waals surface area (Å²) in [5.74, 6) is 0.609. The number of nitrogens with zero attached hydrogens (tertiary/aromatic N) is 5. The van der Waals surface area contributed by atoms with Crippen molar-refractivity contribution < 1.29 is 4.79 Å². The maximum Gasteiger partial charge on any atom is 0.251 e. The van der Waals surface area contributed by atoms with Crippen LogP contribution in [0, 0.1) is 0 Å². The van der Waals surface area contributed by atoms with Crippen molar-refractivity contribution in [3.8, 4) is 0 Å². The van der Waals surface area contributed by atoms with Crippen molar-refractivity contribution in [2.24, 2.45) is 0 Å². The van der Waals surface area contributed by atoms with Gasteiger partial charge >= 0.3 is 0 Å². The number of tetrazole rings is 1. The van der Waals surface area contributed by atoms with Gasteiger partial charge in [0.05, 0.1) is 11.0 Å². The second kappa shape index (κ2) is 8.43. The Morgan fingerprint density at radius 1 is 1.00 bits per heavy atom. The summed E-state index contributed by atoms with van der Waals surface area (Å²) in [4.78, 5) is 17.4. The maximum absolute atomic E-state index is 12.7. The van der Waals surface area contributed by atoms with Gasteiger partial charge in [-0.15, -0.1) is 5.10 Å². The monoisotopic (exact) mass is 423 g/mol. The first kappa shape index (κ1) is 19.6. The molecule has 2 heterocycles. The summed E-state index contributed by atoms with van der Waals surface area (Å²) in [6.07, 6.45) is 0. The summed E-state index contributed by atoms with van der Waals surface area (Å²) in [5.41, 5.74) is 4.57. The number of amides is 1. The molecular weight excluding hydrogens is 402 g/mol. The lowest BCUT2D eigenvalue weighted by molar-refractivity contribution is 0.0951. The fourth-order valence-electron chi connectivity index (χ4n) is 3.61. The topological polar surface area (TPSA) is 97.1 Å². The number of hydrogen-bond acceptors (Lipinski definition) is 6. The van der Waals surface area contributed by atoms with Gasteiger partial charge in [0, 0.05) is 17.8 Å². The Morgan fingerprint density at radius 3 is 2.69 bits per heavy atom. The number of aromatic nitrogens is 5. The number of rotatable bonds is 6. The molecule has 2 N–H and O–H groups in total. The lowest BCUT2D eigenvalue weighted by Gasteiger charge is -2.14.